The second-order valence-electron chi connectivity index (χ2n) is 5.87. The predicted molar refractivity (Wildman–Crippen MR) is 102 cm³/mol. The summed E-state index contributed by atoms with van der Waals surface area (Å²) in [6.07, 6.45) is -4.76. The number of methoxy groups -OCH3 is 1. The predicted octanol–water partition coefficient (Wildman–Crippen LogP) is 4.98. The Labute approximate surface area is 166 Å². The number of ether oxygens (including phenoxy) is 2. The van der Waals surface area contributed by atoms with Crippen LogP contribution < -0.4 is 14.4 Å². The molecule has 0 saturated carbocycles. The van der Waals surface area contributed by atoms with Gasteiger partial charge in [-0.05, 0) is 29.8 Å². The Morgan fingerprint density at radius 3 is 2.54 bits per heavy atom. The molecule has 5 nitrogen and oxygen atoms in total. The van der Waals surface area contributed by atoms with Gasteiger partial charge in [0.1, 0.15) is 16.9 Å². The zero-order valence-corrected chi connectivity index (χ0v) is 16.0. The van der Waals surface area contributed by atoms with Gasteiger partial charge in [-0.25, -0.2) is 4.98 Å². The first kappa shape index (κ1) is 18.9. The molecule has 1 saturated heterocycles. The normalized spacial score (nSPS) is 17.4. The molecule has 1 unspecified atom stereocenters. The van der Waals surface area contributed by atoms with E-state index in [1.165, 1.54) is 30.0 Å². The molecule has 1 aromatic heterocycles. The number of amides is 1. The van der Waals surface area contributed by atoms with E-state index in [-0.39, 0.29) is 17.0 Å². The number of carbonyl (C=O) groups excluding carboxylic acids is 1. The molecule has 0 bridgehead atoms. The number of thiazole rings is 1. The van der Waals surface area contributed by atoms with Crippen LogP contribution in [-0.2, 0) is 4.79 Å². The average Bonchev–Trinajstić information content (AvgIpc) is 3.23. The van der Waals surface area contributed by atoms with Crippen molar-refractivity contribution in [2.45, 2.75) is 11.7 Å². The molecule has 0 spiro atoms. The Kier molecular flexibility index (Phi) is 4.84. The number of carbonyl (C=O) groups is 1. The van der Waals surface area contributed by atoms with Gasteiger partial charge in [0.05, 0.1) is 23.1 Å². The lowest BCUT2D eigenvalue weighted by Gasteiger charge is -2.21. The molecule has 3 aromatic rings. The molecule has 0 N–H and O–H groups in total. The van der Waals surface area contributed by atoms with Crippen molar-refractivity contribution in [2.24, 2.45) is 0 Å². The molecule has 2 heterocycles. The average molecular weight is 426 g/mol. The molecule has 0 radical (unpaired) electrons. The van der Waals surface area contributed by atoms with E-state index in [4.69, 9.17) is 4.74 Å². The summed E-state index contributed by atoms with van der Waals surface area (Å²) in [5.74, 6) is 0.595. The van der Waals surface area contributed by atoms with Gasteiger partial charge in [-0.1, -0.05) is 23.5 Å². The van der Waals surface area contributed by atoms with Crippen LogP contribution >= 0.6 is 23.1 Å². The fraction of sp³-hybridized carbons (Fsp3) is 0.222. The molecule has 0 aliphatic carbocycles. The van der Waals surface area contributed by atoms with Gasteiger partial charge in [-0.2, -0.15) is 0 Å². The third kappa shape index (κ3) is 3.74. The monoisotopic (exact) mass is 426 g/mol. The quantitative estimate of drug-likeness (QED) is 0.589. The van der Waals surface area contributed by atoms with Crippen LogP contribution in [0.25, 0.3) is 10.2 Å². The SMILES string of the molecule is COc1ccc(C2SCC(=O)N2c2nc3ccc(OC(F)(F)F)cc3s2)cc1. The molecule has 1 aliphatic rings. The molecule has 1 aliphatic heterocycles. The number of hydrogen-bond acceptors (Lipinski definition) is 6. The largest absolute Gasteiger partial charge is 0.573 e. The lowest BCUT2D eigenvalue weighted by Crippen LogP contribution is -2.27. The molecule has 1 fully saturated rings. The number of alkyl halides is 3. The highest BCUT2D eigenvalue weighted by molar-refractivity contribution is 8.00. The summed E-state index contributed by atoms with van der Waals surface area (Å²) < 4.78 is 46.9. The Balaban J connectivity index is 1.67. The van der Waals surface area contributed by atoms with Crippen molar-refractivity contribution in [1.82, 2.24) is 4.98 Å². The van der Waals surface area contributed by atoms with Crippen LogP contribution in [0.1, 0.15) is 10.9 Å². The number of thioether (sulfide) groups is 1. The third-order valence-corrected chi connectivity index (χ3v) is 6.29. The summed E-state index contributed by atoms with van der Waals surface area (Å²) in [6.45, 7) is 0. The summed E-state index contributed by atoms with van der Waals surface area (Å²) in [4.78, 5) is 18.5. The number of hydrogen-bond donors (Lipinski definition) is 0. The second-order valence-corrected chi connectivity index (χ2v) is 7.95. The summed E-state index contributed by atoms with van der Waals surface area (Å²) >= 11 is 2.62. The van der Waals surface area contributed by atoms with Crippen molar-refractivity contribution in [3.8, 4) is 11.5 Å². The van der Waals surface area contributed by atoms with Crippen molar-refractivity contribution in [2.75, 3.05) is 17.8 Å². The zero-order valence-electron chi connectivity index (χ0n) is 14.4. The highest BCUT2D eigenvalue weighted by Crippen LogP contribution is 2.44. The van der Waals surface area contributed by atoms with Crippen molar-refractivity contribution in [3.05, 3.63) is 48.0 Å². The van der Waals surface area contributed by atoms with Gasteiger partial charge in [-0.15, -0.1) is 24.9 Å². The first-order valence-corrected chi connectivity index (χ1v) is 9.94. The number of nitrogens with zero attached hydrogens (tertiary/aromatic N) is 2. The molecule has 28 heavy (non-hydrogen) atoms. The van der Waals surface area contributed by atoms with E-state index in [0.717, 1.165) is 16.9 Å². The van der Waals surface area contributed by atoms with Crippen molar-refractivity contribution >= 4 is 44.4 Å². The fourth-order valence-electron chi connectivity index (χ4n) is 2.84. The van der Waals surface area contributed by atoms with Crippen LogP contribution in [0, 0.1) is 0 Å². The highest BCUT2D eigenvalue weighted by atomic mass is 32.2. The van der Waals surface area contributed by atoms with Crippen LogP contribution in [0.15, 0.2) is 42.5 Å². The lowest BCUT2D eigenvalue weighted by atomic mass is 10.2. The number of halogens is 3. The first-order chi connectivity index (χ1) is 13.3. The molecule has 146 valence electrons. The molecule has 1 amide bonds. The van der Waals surface area contributed by atoms with E-state index >= 15 is 0 Å². The smallest absolute Gasteiger partial charge is 0.497 e. The van der Waals surface area contributed by atoms with Gasteiger partial charge in [0.2, 0.25) is 5.91 Å². The van der Waals surface area contributed by atoms with E-state index < -0.39 is 6.36 Å². The zero-order chi connectivity index (χ0) is 19.9. The first-order valence-electron chi connectivity index (χ1n) is 8.08. The van der Waals surface area contributed by atoms with Gasteiger partial charge in [-0.3, -0.25) is 9.69 Å². The molecular formula is C18H13F3N2O3S2. The maximum atomic E-state index is 12.5. The van der Waals surface area contributed by atoms with Crippen LogP contribution in [0.5, 0.6) is 11.5 Å². The summed E-state index contributed by atoms with van der Waals surface area (Å²) in [7, 11) is 1.58. The summed E-state index contributed by atoms with van der Waals surface area (Å²) in [6, 6.07) is 11.3. The van der Waals surface area contributed by atoms with E-state index in [1.54, 1.807) is 12.0 Å². The minimum Gasteiger partial charge on any atom is -0.497 e. The molecular weight excluding hydrogens is 413 g/mol. The van der Waals surface area contributed by atoms with Crippen LogP contribution in [0.3, 0.4) is 0 Å². The van der Waals surface area contributed by atoms with Crippen LogP contribution in [-0.4, -0.2) is 30.1 Å². The van der Waals surface area contributed by atoms with E-state index in [9.17, 15) is 18.0 Å². The number of anilines is 1. The maximum Gasteiger partial charge on any atom is 0.573 e. The second kappa shape index (κ2) is 7.17. The van der Waals surface area contributed by atoms with Gasteiger partial charge in [0.15, 0.2) is 5.13 Å². The minimum atomic E-state index is -4.76. The number of benzene rings is 2. The Bertz CT molecular complexity index is 1020. The topological polar surface area (TPSA) is 51.7 Å². The van der Waals surface area contributed by atoms with Crippen LogP contribution in [0.2, 0.25) is 0 Å². The Morgan fingerprint density at radius 1 is 1.14 bits per heavy atom. The fourth-order valence-corrected chi connectivity index (χ4v) is 5.10. The number of fused-ring (bicyclic) bond motifs is 1. The molecule has 10 heteroatoms. The van der Waals surface area contributed by atoms with Gasteiger partial charge >= 0.3 is 6.36 Å². The Hall–Kier alpha value is -2.46. The van der Waals surface area contributed by atoms with Gasteiger partial charge in [0, 0.05) is 6.07 Å². The lowest BCUT2D eigenvalue weighted by molar-refractivity contribution is -0.274. The van der Waals surface area contributed by atoms with Gasteiger partial charge in [0.25, 0.3) is 0 Å². The minimum absolute atomic E-state index is 0.100. The Morgan fingerprint density at radius 2 is 1.86 bits per heavy atom. The maximum absolute atomic E-state index is 12.5. The molecule has 1 atom stereocenters. The highest BCUT2D eigenvalue weighted by Gasteiger charge is 2.36. The standard InChI is InChI=1S/C18H13F3N2O3S2/c1-25-11-4-2-10(3-5-11)16-23(15(24)9-27-16)17-22-13-7-6-12(8-14(13)28-17)26-18(19,20)21/h2-8,16H,9H2,1H3. The van der Waals surface area contributed by atoms with E-state index in [1.807, 2.05) is 24.3 Å². The van der Waals surface area contributed by atoms with Crippen molar-refractivity contribution in [1.29, 1.82) is 0 Å². The third-order valence-electron chi connectivity index (χ3n) is 4.06. The summed E-state index contributed by atoms with van der Waals surface area (Å²) in [5, 5.41) is 0.180. The summed E-state index contributed by atoms with van der Waals surface area (Å²) in [5.41, 5.74) is 1.42. The van der Waals surface area contributed by atoms with E-state index in [2.05, 4.69) is 9.72 Å². The van der Waals surface area contributed by atoms with Crippen molar-refractivity contribution in [3.63, 3.8) is 0 Å². The number of rotatable bonds is 4. The van der Waals surface area contributed by atoms with E-state index in [0.29, 0.717) is 26.9 Å². The van der Waals surface area contributed by atoms with Gasteiger partial charge < -0.3 is 9.47 Å². The van der Waals surface area contributed by atoms with Crippen molar-refractivity contribution < 1.29 is 27.4 Å². The van der Waals surface area contributed by atoms with Crippen LogP contribution in [0.4, 0.5) is 18.3 Å². The molecule has 2 aromatic carbocycles. The molecule has 4 rings (SSSR count). The number of aromatic nitrogens is 1.